The first-order chi connectivity index (χ1) is 12.0. The fourth-order valence-electron chi connectivity index (χ4n) is 2.63. The minimum atomic E-state index is -0.101. The third-order valence-electron chi connectivity index (χ3n) is 4.01. The van der Waals surface area contributed by atoms with Crippen LogP contribution in [-0.4, -0.2) is 31.2 Å². The van der Waals surface area contributed by atoms with Gasteiger partial charge in [0.05, 0.1) is 0 Å². The number of pyridine rings is 1. The van der Waals surface area contributed by atoms with E-state index in [9.17, 15) is 4.79 Å². The third-order valence-corrected chi connectivity index (χ3v) is 4.01. The van der Waals surface area contributed by atoms with E-state index in [0.29, 0.717) is 30.5 Å². The molecule has 1 aromatic heterocycles. The number of rotatable bonds is 8. The van der Waals surface area contributed by atoms with Crippen molar-refractivity contribution in [3.63, 3.8) is 0 Å². The Labute approximate surface area is 149 Å². The molecule has 1 amide bonds. The van der Waals surface area contributed by atoms with Crippen molar-refractivity contribution in [2.45, 2.75) is 33.1 Å². The van der Waals surface area contributed by atoms with Gasteiger partial charge >= 0.3 is 0 Å². The minimum Gasteiger partial charge on any atom is -0.385 e. The average molecular weight is 341 g/mol. The highest BCUT2D eigenvalue weighted by atomic mass is 16.5. The van der Waals surface area contributed by atoms with E-state index in [-0.39, 0.29) is 5.91 Å². The normalized spacial score (nSPS) is 10.8. The number of para-hydroxylation sites is 1. The van der Waals surface area contributed by atoms with Crippen LogP contribution in [0.2, 0.25) is 0 Å². The predicted molar refractivity (Wildman–Crippen MR) is 102 cm³/mol. The summed E-state index contributed by atoms with van der Waals surface area (Å²) in [4.78, 5) is 16.6. The Kier molecular flexibility index (Phi) is 6.95. The highest BCUT2D eigenvalue weighted by molar-refractivity contribution is 5.94. The molecule has 1 aromatic carbocycles. The highest BCUT2D eigenvalue weighted by Crippen LogP contribution is 2.29. The van der Waals surface area contributed by atoms with Crippen molar-refractivity contribution in [2.24, 2.45) is 0 Å². The Morgan fingerprint density at radius 1 is 1.28 bits per heavy atom. The Balaban J connectivity index is 2.13. The van der Waals surface area contributed by atoms with E-state index in [1.807, 2.05) is 0 Å². The molecule has 0 saturated heterocycles. The SMILES string of the molecule is COCCCNC(=O)c1ccnc(Nc2c(C)cccc2C(C)C)c1. The van der Waals surface area contributed by atoms with Gasteiger partial charge in [0.1, 0.15) is 5.82 Å². The Morgan fingerprint density at radius 3 is 2.80 bits per heavy atom. The first-order valence-electron chi connectivity index (χ1n) is 8.62. The molecular weight excluding hydrogens is 314 g/mol. The van der Waals surface area contributed by atoms with Crippen molar-refractivity contribution < 1.29 is 9.53 Å². The number of nitrogens with zero attached hydrogens (tertiary/aromatic N) is 1. The van der Waals surface area contributed by atoms with Crippen LogP contribution in [0.1, 0.15) is 47.7 Å². The van der Waals surface area contributed by atoms with Crippen LogP contribution in [0.25, 0.3) is 0 Å². The van der Waals surface area contributed by atoms with Crippen molar-refractivity contribution in [3.05, 3.63) is 53.2 Å². The van der Waals surface area contributed by atoms with Gasteiger partial charge in [-0.3, -0.25) is 4.79 Å². The smallest absolute Gasteiger partial charge is 0.251 e. The molecule has 0 spiro atoms. The lowest BCUT2D eigenvalue weighted by Gasteiger charge is -2.17. The van der Waals surface area contributed by atoms with Gasteiger partial charge < -0.3 is 15.4 Å². The molecule has 0 aliphatic rings. The minimum absolute atomic E-state index is 0.101. The summed E-state index contributed by atoms with van der Waals surface area (Å²) in [5.74, 6) is 0.964. The first kappa shape index (κ1) is 18.9. The lowest BCUT2D eigenvalue weighted by atomic mass is 9.98. The van der Waals surface area contributed by atoms with Crippen LogP contribution in [0.3, 0.4) is 0 Å². The number of aryl methyl sites for hydroxylation is 1. The van der Waals surface area contributed by atoms with Gasteiger partial charge in [-0.15, -0.1) is 0 Å². The van der Waals surface area contributed by atoms with E-state index in [1.165, 1.54) is 5.56 Å². The number of methoxy groups -OCH3 is 1. The zero-order valence-electron chi connectivity index (χ0n) is 15.4. The fourth-order valence-corrected chi connectivity index (χ4v) is 2.63. The topological polar surface area (TPSA) is 63.2 Å². The number of nitrogens with one attached hydrogen (secondary N) is 2. The Morgan fingerprint density at radius 2 is 2.08 bits per heavy atom. The van der Waals surface area contributed by atoms with Gasteiger partial charge in [0, 0.05) is 37.7 Å². The van der Waals surface area contributed by atoms with Crippen LogP contribution in [0, 0.1) is 6.92 Å². The lowest BCUT2D eigenvalue weighted by Crippen LogP contribution is -2.25. The molecule has 0 radical (unpaired) electrons. The Hall–Kier alpha value is -2.40. The number of carbonyl (C=O) groups is 1. The zero-order valence-corrected chi connectivity index (χ0v) is 15.4. The van der Waals surface area contributed by atoms with Gasteiger partial charge in [-0.1, -0.05) is 32.0 Å². The summed E-state index contributed by atoms with van der Waals surface area (Å²) >= 11 is 0. The van der Waals surface area contributed by atoms with Crippen LogP contribution in [0.5, 0.6) is 0 Å². The molecule has 134 valence electrons. The molecule has 1 heterocycles. The van der Waals surface area contributed by atoms with Gasteiger partial charge in [0.2, 0.25) is 0 Å². The van der Waals surface area contributed by atoms with Crippen LogP contribution < -0.4 is 10.6 Å². The molecule has 25 heavy (non-hydrogen) atoms. The van der Waals surface area contributed by atoms with E-state index in [2.05, 4.69) is 54.6 Å². The van der Waals surface area contributed by atoms with Crippen LogP contribution in [0.15, 0.2) is 36.5 Å². The molecular formula is C20H27N3O2. The molecule has 5 nitrogen and oxygen atoms in total. The number of hydrogen-bond acceptors (Lipinski definition) is 4. The number of benzene rings is 1. The zero-order chi connectivity index (χ0) is 18.2. The molecule has 2 rings (SSSR count). The summed E-state index contributed by atoms with van der Waals surface area (Å²) in [7, 11) is 1.65. The molecule has 0 unspecified atom stereocenters. The number of carbonyl (C=O) groups excluding carboxylic acids is 1. The maximum atomic E-state index is 12.2. The standard InChI is InChI=1S/C20H27N3O2/c1-14(2)17-8-5-7-15(3)19(17)23-18-13-16(9-11-21-18)20(24)22-10-6-12-25-4/h5,7-9,11,13-14H,6,10,12H2,1-4H3,(H,21,23)(H,22,24). The molecule has 0 aliphatic carbocycles. The van der Waals surface area contributed by atoms with Crippen LogP contribution >= 0.6 is 0 Å². The van der Waals surface area contributed by atoms with Crippen molar-refractivity contribution >= 4 is 17.4 Å². The molecule has 0 atom stereocenters. The average Bonchev–Trinajstić information content (AvgIpc) is 2.60. The number of amides is 1. The maximum Gasteiger partial charge on any atom is 0.251 e. The monoisotopic (exact) mass is 341 g/mol. The summed E-state index contributed by atoms with van der Waals surface area (Å²) in [5.41, 5.74) is 4.04. The fraction of sp³-hybridized carbons (Fsp3) is 0.400. The summed E-state index contributed by atoms with van der Waals surface area (Å²) in [5, 5.41) is 6.27. The van der Waals surface area contributed by atoms with Gasteiger partial charge in [0.15, 0.2) is 0 Å². The molecule has 0 aliphatic heterocycles. The molecule has 0 saturated carbocycles. The van der Waals surface area contributed by atoms with E-state index in [0.717, 1.165) is 17.7 Å². The maximum absolute atomic E-state index is 12.2. The van der Waals surface area contributed by atoms with Crippen LogP contribution in [0.4, 0.5) is 11.5 Å². The second-order valence-corrected chi connectivity index (χ2v) is 6.35. The van der Waals surface area contributed by atoms with Gasteiger partial charge in [-0.2, -0.15) is 0 Å². The summed E-state index contributed by atoms with van der Waals surface area (Å²) < 4.78 is 4.99. The second-order valence-electron chi connectivity index (χ2n) is 6.35. The number of aromatic nitrogens is 1. The molecule has 2 aromatic rings. The highest BCUT2D eigenvalue weighted by Gasteiger charge is 2.11. The third kappa shape index (κ3) is 5.29. The quantitative estimate of drug-likeness (QED) is 0.712. The van der Waals surface area contributed by atoms with E-state index in [1.54, 1.807) is 25.4 Å². The number of anilines is 2. The molecule has 0 bridgehead atoms. The number of hydrogen-bond donors (Lipinski definition) is 2. The molecule has 2 N–H and O–H groups in total. The van der Waals surface area contributed by atoms with Gasteiger partial charge in [-0.25, -0.2) is 4.98 Å². The van der Waals surface area contributed by atoms with E-state index in [4.69, 9.17) is 4.74 Å². The summed E-state index contributed by atoms with van der Waals surface area (Å²) in [6.45, 7) is 7.62. The van der Waals surface area contributed by atoms with Gasteiger partial charge in [-0.05, 0) is 42.5 Å². The first-order valence-corrected chi connectivity index (χ1v) is 8.62. The predicted octanol–water partition coefficient (Wildman–Crippen LogP) is 4.02. The Bertz CT molecular complexity index is 714. The summed E-state index contributed by atoms with van der Waals surface area (Å²) in [6.07, 6.45) is 2.44. The lowest BCUT2D eigenvalue weighted by molar-refractivity contribution is 0.0948. The van der Waals surface area contributed by atoms with Crippen LogP contribution in [-0.2, 0) is 4.74 Å². The largest absolute Gasteiger partial charge is 0.385 e. The second kappa shape index (κ2) is 9.18. The van der Waals surface area contributed by atoms with Crippen molar-refractivity contribution in [2.75, 3.05) is 25.6 Å². The van der Waals surface area contributed by atoms with E-state index >= 15 is 0 Å². The number of ether oxygens (including phenoxy) is 1. The van der Waals surface area contributed by atoms with Crippen molar-refractivity contribution in [1.29, 1.82) is 0 Å². The summed E-state index contributed by atoms with van der Waals surface area (Å²) in [6, 6.07) is 9.75. The molecule has 5 heteroatoms. The van der Waals surface area contributed by atoms with Gasteiger partial charge in [0.25, 0.3) is 5.91 Å². The molecule has 0 fully saturated rings. The van der Waals surface area contributed by atoms with Crippen molar-refractivity contribution in [1.82, 2.24) is 10.3 Å². The van der Waals surface area contributed by atoms with Crippen molar-refractivity contribution in [3.8, 4) is 0 Å². The van der Waals surface area contributed by atoms with E-state index < -0.39 is 0 Å².